The van der Waals surface area contributed by atoms with Gasteiger partial charge >= 0.3 is 0 Å². The van der Waals surface area contributed by atoms with Crippen LogP contribution in [0.15, 0.2) is 47.4 Å². The molecule has 1 aliphatic carbocycles. The van der Waals surface area contributed by atoms with Crippen LogP contribution >= 0.6 is 0 Å². The van der Waals surface area contributed by atoms with Crippen LogP contribution in [0.1, 0.15) is 19.8 Å². The summed E-state index contributed by atoms with van der Waals surface area (Å²) >= 11 is 0. The van der Waals surface area contributed by atoms with Crippen molar-refractivity contribution < 1.29 is 36.5 Å². The topological polar surface area (TPSA) is 0 Å². The molecule has 0 heterocycles. The number of rotatable bonds is 2. The van der Waals surface area contributed by atoms with E-state index in [0.29, 0.717) is 0 Å². The Labute approximate surface area is 110 Å². The van der Waals surface area contributed by atoms with Gasteiger partial charge in [0.05, 0.1) is 0 Å². The fourth-order valence-electron chi connectivity index (χ4n) is 0.872. The Morgan fingerprint density at radius 2 is 2.07 bits per heavy atom. The third kappa shape index (κ3) is 7.30. The summed E-state index contributed by atoms with van der Waals surface area (Å²) in [5.41, 5.74) is 7.19. The second kappa shape index (κ2) is 11.0. The summed E-state index contributed by atoms with van der Waals surface area (Å²) in [5.74, 6) is 0. The molecule has 71 valence electrons. The average molecular weight is 303 g/mol. The molecular formula is C12H13BrZn-. The van der Waals surface area contributed by atoms with Crippen molar-refractivity contribution in [2.24, 2.45) is 0 Å². The first-order valence-corrected chi connectivity index (χ1v) is 4.31. The summed E-state index contributed by atoms with van der Waals surface area (Å²) in [4.78, 5) is 0. The van der Waals surface area contributed by atoms with Gasteiger partial charge in [-0.3, -0.25) is 0 Å². The third-order valence-corrected chi connectivity index (χ3v) is 1.53. The van der Waals surface area contributed by atoms with Gasteiger partial charge in [0.1, 0.15) is 0 Å². The van der Waals surface area contributed by atoms with E-state index in [1.54, 1.807) is 0 Å². The maximum Gasteiger partial charge on any atom is 0.0211 e. The molecular weight excluding hydrogens is 289 g/mol. The van der Waals surface area contributed by atoms with E-state index < -0.39 is 0 Å². The van der Waals surface area contributed by atoms with E-state index in [9.17, 15) is 0 Å². The molecule has 1 rings (SSSR count). The van der Waals surface area contributed by atoms with Crippen molar-refractivity contribution >= 4 is 0 Å². The van der Waals surface area contributed by atoms with Crippen LogP contribution in [0.4, 0.5) is 0 Å². The summed E-state index contributed by atoms with van der Waals surface area (Å²) in [6.45, 7) is 2.15. The maximum atomic E-state index is 3.07. The SMILES string of the molecule is CCCC=C=C=C1[CH]C=CC=C1.[Br-].[Zn]. The molecule has 0 saturated heterocycles. The molecule has 14 heavy (non-hydrogen) atoms. The Bertz CT molecular complexity index is 287. The maximum absolute atomic E-state index is 3.07. The zero-order valence-electron chi connectivity index (χ0n) is 8.46. The van der Waals surface area contributed by atoms with Crippen LogP contribution < -0.4 is 17.0 Å². The van der Waals surface area contributed by atoms with Gasteiger partial charge in [-0.25, -0.2) is 0 Å². The van der Waals surface area contributed by atoms with Crippen LogP contribution in [0, 0.1) is 6.42 Å². The summed E-state index contributed by atoms with van der Waals surface area (Å²) in [7, 11) is 0. The van der Waals surface area contributed by atoms with Crippen molar-refractivity contribution in [2.45, 2.75) is 19.8 Å². The minimum Gasteiger partial charge on any atom is -1.00 e. The monoisotopic (exact) mass is 300 g/mol. The number of allylic oxidation sites excluding steroid dienone is 6. The van der Waals surface area contributed by atoms with Crippen LogP contribution in [0.2, 0.25) is 0 Å². The zero-order valence-corrected chi connectivity index (χ0v) is 13.0. The average Bonchev–Trinajstić information content (AvgIpc) is 2.14. The predicted octanol–water partition coefficient (Wildman–Crippen LogP) is 0.355. The van der Waals surface area contributed by atoms with Gasteiger partial charge < -0.3 is 17.0 Å². The van der Waals surface area contributed by atoms with Crippen molar-refractivity contribution in [1.29, 1.82) is 0 Å². The molecule has 2 heteroatoms. The van der Waals surface area contributed by atoms with Crippen molar-refractivity contribution in [3.05, 3.63) is 53.8 Å². The molecule has 0 amide bonds. The molecule has 0 aromatic carbocycles. The van der Waals surface area contributed by atoms with E-state index in [-0.39, 0.29) is 36.5 Å². The van der Waals surface area contributed by atoms with E-state index in [0.717, 1.165) is 12.0 Å². The van der Waals surface area contributed by atoms with Crippen molar-refractivity contribution in [1.82, 2.24) is 0 Å². The third-order valence-electron chi connectivity index (χ3n) is 1.53. The number of unbranched alkanes of at least 4 members (excludes halogenated alkanes) is 1. The van der Waals surface area contributed by atoms with E-state index in [2.05, 4.69) is 18.4 Å². The van der Waals surface area contributed by atoms with E-state index in [4.69, 9.17) is 0 Å². The molecule has 0 unspecified atom stereocenters. The number of hydrogen-bond donors (Lipinski definition) is 0. The van der Waals surface area contributed by atoms with Gasteiger partial charge in [0, 0.05) is 31.5 Å². The fourth-order valence-corrected chi connectivity index (χ4v) is 0.872. The first-order valence-electron chi connectivity index (χ1n) is 4.31. The second-order valence-corrected chi connectivity index (χ2v) is 2.63. The van der Waals surface area contributed by atoms with E-state index in [1.165, 1.54) is 6.42 Å². The molecule has 0 N–H and O–H groups in total. The van der Waals surface area contributed by atoms with E-state index >= 15 is 0 Å². The molecule has 0 bridgehead atoms. The Morgan fingerprint density at radius 1 is 1.29 bits per heavy atom. The Balaban J connectivity index is 0. The van der Waals surface area contributed by atoms with Gasteiger partial charge in [-0.05, 0) is 12.5 Å². The smallest absolute Gasteiger partial charge is 0.0211 e. The summed E-state index contributed by atoms with van der Waals surface area (Å²) < 4.78 is 0. The summed E-state index contributed by atoms with van der Waals surface area (Å²) in [6, 6.07) is 0. The molecule has 0 nitrogen and oxygen atoms in total. The van der Waals surface area contributed by atoms with Crippen LogP contribution in [-0.4, -0.2) is 0 Å². The minimum atomic E-state index is 0. The second-order valence-electron chi connectivity index (χ2n) is 2.63. The normalized spacial score (nSPS) is 11.9. The molecule has 0 spiro atoms. The predicted molar refractivity (Wildman–Crippen MR) is 52.6 cm³/mol. The van der Waals surface area contributed by atoms with Crippen LogP contribution in [-0.2, 0) is 19.5 Å². The van der Waals surface area contributed by atoms with Gasteiger partial charge in [0.15, 0.2) is 0 Å². The van der Waals surface area contributed by atoms with Gasteiger partial charge in [0.25, 0.3) is 0 Å². The molecule has 1 aliphatic rings. The standard InChI is InChI=1S/C12H13.BrH.Zn/c1-2-3-4-6-9-12-10-7-5-8-11-12;;/h4-5,7-8,10-11H,2-3H2,1H3;1H;/p-1. The Kier molecular flexibility index (Phi) is 12.8. The largest absolute Gasteiger partial charge is 1.00 e. The Morgan fingerprint density at radius 3 is 2.64 bits per heavy atom. The molecule has 0 saturated carbocycles. The number of hydrogen-bond acceptors (Lipinski definition) is 0. The zero-order chi connectivity index (χ0) is 8.65. The van der Waals surface area contributed by atoms with Crippen molar-refractivity contribution in [3.8, 4) is 0 Å². The van der Waals surface area contributed by atoms with Gasteiger partial charge in [-0.15, -0.1) is 0 Å². The Hall–Kier alpha value is -0.117. The molecule has 0 fully saturated rings. The van der Waals surface area contributed by atoms with Crippen LogP contribution in [0.3, 0.4) is 0 Å². The molecule has 0 aliphatic heterocycles. The van der Waals surface area contributed by atoms with Crippen LogP contribution in [0.25, 0.3) is 0 Å². The van der Waals surface area contributed by atoms with Gasteiger partial charge in [-0.1, -0.05) is 49.1 Å². The number of halogens is 1. The minimum absolute atomic E-state index is 0. The molecule has 1 radical (unpaired) electrons. The van der Waals surface area contributed by atoms with Gasteiger partial charge in [0.2, 0.25) is 0 Å². The quantitative estimate of drug-likeness (QED) is 0.510. The van der Waals surface area contributed by atoms with Gasteiger partial charge in [-0.2, -0.15) is 0 Å². The fraction of sp³-hybridized carbons (Fsp3) is 0.250. The van der Waals surface area contributed by atoms with Crippen LogP contribution in [0.5, 0.6) is 0 Å². The van der Waals surface area contributed by atoms with E-state index in [1.807, 2.05) is 36.8 Å². The molecule has 0 atom stereocenters. The molecule has 0 aromatic heterocycles. The first-order chi connectivity index (χ1) is 5.93. The summed E-state index contributed by atoms with van der Waals surface area (Å²) in [6.07, 6.45) is 14.3. The molecule has 0 aromatic rings. The summed E-state index contributed by atoms with van der Waals surface area (Å²) in [5, 5.41) is 0. The first kappa shape index (κ1) is 16.3. The van der Waals surface area contributed by atoms with Crippen molar-refractivity contribution in [3.63, 3.8) is 0 Å². The van der Waals surface area contributed by atoms with Crippen molar-refractivity contribution in [2.75, 3.05) is 0 Å².